The molecule has 0 aliphatic rings. The number of para-hydroxylation sites is 4. The van der Waals surface area contributed by atoms with E-state index >= 15 is 0 Å². The van der Waals surface area contributed by atoms with Gasteiger partial charge in [0.1, 0.15) is 22.4 Å². The fourth-order valence-corrected chi connectivity index (χ4v) is 7.06. The van der Waals surface area contributed by atoms with Crippen LogP contribution in [0.1, 0.15) is 0 Å². The maximum atomic E-state index is 5.35. The zero-order valence-electron chi connectivity index (χ0n) is 25.7. The van der Waals surface area contributed by atoms with Gasteiger partial charge in [0.2, 0.25) is 11.9 Å². The number of aromatic nitrogens is 6. The zero-order valence-corrected chi connectivity index (χ0v) is 25.7. The molecule has 0 radical (unpaired) electrons. The molecule has 10 aromatic rings. The lowest BCUT2D eigenvalue weighted by molar-refractivity contribution is 0.980. The molecular formula is C42H26N6. The molecule has 0 N–H and O–H groups in total. The Hall–Kier alpha value is -6.66. The van der Waals surface area contributed by atoms with Gasteiger partial charge in [0.25, 0.3) is 0 Å². The van der Waals surface area contributed by atoms with Crippen molar-refractivity contribution in [2.75, 3.05) is 0 Å². The molecule has 0 aliphatic heterocycles. The standard InChI is InChI=1S/C42H26N6/c1-3-15-27(16-4-1)37-39-40(46-41(43-37)47-33-23-11-7-19-29(33)30-20-8-12-24-34(30)47)38(28-17-5-2-6-18-28)44-42(45-39)48-35-25-13-9-21-31(35)32-22-10-14-26-36(32)48/h1-26H. The summed E-state index contributed by atoms with van der Waals surface area (Å²) in [6, 6.07) is 54.2. The summed E-state index contributed by atoms with van der Waals surface area (Å²) in [5, 5.41) is 4.61. The molecular weight excluding hydrogens is 589 g/mol. The van der Waals surface area contributed by atoms with Crippen LogP contribution in [-0.2, 0) is 0 Å². The van der Waals surface area contributed by atoms with E-state index in [1.807, 2.05) is 36.4 Å². The first-order valence-electron chi connectivity index (χ1n) is 16.0. The molecule has 10 rings (SSSR count). The van der Waals surface area contributed by atoms with Gasteiger partial charge in [0.05, 0.1) is 22.1 Å². The average Bonchev–Trinajstić information content (AvgIpc) is 3.68. The molecule has 4 aromatic heterocycles. The Morgan fingerprint density at radius 2 is 0.583 bits per heavy atom. The van der Waals surface area contributed by atoms with Crippen LogP contribution in [0, 0.1) is 0 Å². The molecule has 224 valence electrons. The van der Waals surface area contributed by atoms with Gasteiger partial charge >= 0.3 is 0 Å². The van der Waals surface area contributed by atoms with Crippen molar-refractivity contribution in [3.05, 3.63) is 158 Å². The van der Waals surface area contributed by atoms with Gasteiger partial charge in [-0.3, -0.25) is 9.13 Å². The summed E-state index contributed by atoms with van der Waals surface area (Å²) in [6.07, 6.45) is 0. The van der Waals surface area contributed by atoms with Crippen LogP contribution in [0.25, 0.3) is 89.1 Å². The van der Waals surface area contributed by atoms with Crippen molar-refractivity contribution in [2.45, 2.75) is 0 Å². The zero-order chi connectivity index (χ0) is 31.6. The summed E-state index contributed by atoms with van der Waals surface area (Å²) < 4.78 is 4.32. The molecule has 0 aliphatic carbocycles. The first-order chi connectivity index (χ1) is 23.8. The van der Waals surface area contributed by atoms with Gasteiger partial charge in [-0.2, -0.15) is 0 Å². The van der Waals surface area contributed by atoms with Crippen molar-refractivity contribution in [1.82, 2.24) is 29.1 Å². The second kappa shape index (κ2) is 10.4. The van der Waals surface area contributed by atoms with E-state index in [4.69, 9.17) is 19.9 Å². The van der Waals surface area contributed by atoms with Gasteiger partial charge in [-0.15, -0.1) is 0 Å². The quantitative estimate of drug-likeness (QED) is 0.198. The van der Waals surface area contributed by atoms with Crippen molar-refractivity contribution < 1.29 is 0 Å². The monoisotopic (exact) mass is 614 g/mol. The average molecular weight is 615 g/mol. The van der Waals surface area contributed by atoms with Crippen molar-refractivity contribution in [1.29, 1.82) is 0 Å². The molecule has 0 saturated heterocycles. The van der Waals surface area contributed by atoms with E-state index in [2.05, 4.69) is 130 Å². The second-order valence-corrected chi connectivity index (χ2v) is 11.9. The Morgan fingerprint density at radius 3 is 0.917 bits per heavy atom. The molecule has 0 spiro atoms. The highest BCUT2D eigenvalue weighted by Gasteiger charge is 2.23. The Morgan fingerprint density at radius 1 is 0.292 bits per heavy atom. The number of fused-ring (bicyclic) bond motifs is 7. The molecule has 0 saturated carbocycles. The van der Waals surface area contributed by atoms with E-state index in [1.165, 1.54) is 0 Å². The van der Waals surface area contributed by atoms with Crippen molar-refractivity contribution in [3.63, 3.8) is 0 Å². The predicted octanol–water partition coefficient (Wildman–Crippen LogP) is 9.95. The van der Waals surface area contributed by atoms with E-state index < -0.39 is 0 Å². The molecule has 0 unspecified atom stereocenters. The third-order valence-corrected chi connectivity index (χ3v) is 9.17. The highest BCUT2D eigenvalue weighted by molar-refractivity contribution is 6.10. The smallest absolute Gasteiger partial charge is 0.236 e. The number of nitrogens with zero attached hydrogens (tertiary/aromatic N) is 6. The van der Waals surface area contributed by atoms with Crippen LogP contribution < -0.4 is 0 Å². The maximum Gasteiger partial charge on any atom is 0.236 e. The lowest BCUT2D eigenvalue weighted by Crippen LogP contribution is -2.09. The topological polar surface area (TPSA) is 61.4 Å². The molecule has 48 heavy (non-hydrogen) atoms. The maximum absolute atomic E-state index is 5.35. The summed E-state index contributed by atoms with van der Waals surface area (Å²) in [5.41, 5.74) is 8.96. The fraction of sp³-hybridized carbons (Fsp3) is 0. The van der Waals surface area contributed by atoms with E-state index in [0.717, 1.165) is 66.1 Å². The minimum atomic E-state index is 0.573. The van der Waals surface area contributed by atoms with Crippen LogP contribution >= 0.6 is 0 Å². The predicted molar refractivity (Wildman–Crippen MR) is 195 cm³/mol. The number of rotatable bonds is 4. The lowest BCUT2D eigenvalue weighted by Gasteiger charge is -2.15. The Bertz CT molecular complexity index is 2530. The third kappa shape index (κ3) is 3.93. The van der Waals surface area contributed by atoms with Gasteiger partial charge in [-0.1, -0.05) is 133 Å². The molecule has 6 nitrogen and oxygen atoms in total. The summed E-state index contributed by atoms with van der Waals surface area (Å²) in [4.78, 5) is 21.4. The fourth-order valence-electron chi connectivity index (χ4n) is 7.06. The second-order valence-electron chi connectivity index (χ2n) is 11.9. The molecule has 0 amide bonds. The molecule has 0 bridgehead atoms. The van der Waals surface area contributed by atoms with E-state index in [9.17, 15) is 0 Å². The number of benzene rings is 6. The van der Waals surface area contributed by atoms with Crippen molar-refractivity contribution in [2.24, 2.45) is 0 Å². The molecule has 6 aromatic carbocycles. The number of hydrogen-bond donors (Lipinski definition) is 0. The van der Waals surface area contributed by atoms with E-state index in [-0.39, 0.29) is 0 Å². The van der Waals surface area contributed by atoms with Crippen LogP contribution in [0.15, 0.2) is 158 Å². The minimum Gasteiger partial charge on any atom is -0.278 e. The van der Waals surface area contributed by atoms with Crippen LogP contribution in [0.2, 0.25) is 0 Å². The Balaban J connectivity index is 1.37. The van der Waals surface area contributed by atoms with E-state index in [0.29, 0.717) is 22.9 Å². The molecule has 4 heterocycles. The van der Waals surface area contributed by atoms with Crippen molar-refractivity contribution in [3.8, 4) is 34.4 Å². The van der Waals surface area contributed by atoms with Gasteiger partial charge in [0, 0.05) is 32.7 Å². The highest BCUT2D eigenvalue weighted by Crippen LogP contribution is 2.37. The molecule has 0 atom stereocenters. The lowest BCUT2D eigenvalue weighted by atomic mass is 10.1. The summed E-state index contributed by atoms with van der Waals surface area (Å²) in [7, 11) is 0. The number of hydrogen-bond acceptors (Lipinski definition) is 4. The van der Waals surface area contributed by atoms with Crippen LogP contribution in [0.4, 0.5) is 0 Å². The first kappa shape index (κ1) is 26.5. The SMILES string of the molecule is c1ccc(-c2nc(-n3c4ccccc4c4ccccc43)nc3c(-c4ccccc4)nc(-n4c5ccccc5c5ccccc54)nc23)cc1. The van der Waals surface area contributed by atoms with Gasteiger partial charge in [-0.05, 0) is 24.3 Å². The minimum absolute atomic E-state index is 0.573. The summed E-state index contributed by atoms with van der Waals surface area (Å²) in [5.74, 6) is 1.15. The van der Waals surface area contributed by atoms with Gasteiger partial charge in [0.15, 0.2) is 0 Å². The van der Waals surface area contributed by atoms with Gasteiger partial charge < -0.3 is 0 Å². The summed E-state index contributed by atoms with van der Waals surface area (Å²) in [6.45, 7) is 0. The molecule has 6 heteroatoms. The van der Waals surface area contributed by atoms with E-state index in [1.54, 1.807) is 0 Å². The third-order valence-electron chi connectivity index (χ3n) is 9.17. The van der Waals surface area contributed by atoms with Crippen LogP contribution in [-0.4, -0.2) is 29.1 Å². The Labute approximate surface area is 275 Å². The summed E-state index contributed by atoms with van der Waals surface area (Å²) >= 11 is 0. The Kier molecular flexibility index (Phi) is 5.77. The largest absolute Gasteiger partial charge is 0.278 e. The highest BCUT2D eigenvalue weighted by atomic mass is 15.2. The normalized spacial score (nSPS) is 11.8. The molecule has 0 fully saturated rings. The van der Waals surface area contributed by atoms with Crippen LogP contribution in [0.5, 0.6) is 0 Å². The van der Waals surface area contributed by atoms with Crippen LogP contribution in [0.3, 0.4) is 0 Å². The van der Waals surface area contributed by atoms with Gasteiger partial charge in [-0.25, -0.2) is 19.9 Å². The van der Waals surface area contributed by atoms with Crippen molar-refractivity contribution >= 4 is 54.6 Å². The first-order valence-corrected chi connectivity index (χ1v) is 16.0.